The maximum Gasteiger partial charge on any atom is 0.416 e. The first kappa shape index (κ1) is 49.6. The highest BCUT2D eigenvalue weighted by molar-refractivity contribution is 7.98. The molecule has 10 rings (SSSR count). The number of thioether (sulfide) groups is 2. The van der Waals surface area contributed by atoms with Crippen molar-refractivity contribution in [3.05, 3.63) is 233 Å². The van der Waals surface area contributed by atoms with Crippen LogP contribution in [0, 0.1) is 25.5 Å². The molecule has 0 unspecified atom stereocenters. The molecule has 0 fully saturated rings. The van der Waals surface area contributed by atoms with Crippen molar-refractivity contribution in [3.63, 3.8) is 0 Å². The number of hydrogen-bond acceptors (Lipinski definition) is 10. The number of likely N-dealkylation sites (N-methyl/N-ethyl adjacent to an activating group) is 2. The molecule has 6 aromatic carbocycles. The third kappa shape index (κ3) is 18.8. The monoisotopic (exact) mass is 1380 g/mol. The third-order valence-corrected chi connectivity index (χ3v) is 17.6. The molecule has 0 N–H and O–H groups in total. The van der Waals surface area contributed by atoms with Crippen LogP contribution < -0.4 is 11.1 Å². The van der Waals surface area contributed by atoms with Gasteiger partial charge >= 0.3 is 12.4 Å². The number of carbonyl (C=O) groups is 2. The highest BCUT2D eigenvalue weighted by Gasteiger charge is 2.32. The predicted molar refractivity (Wildman–Crippen MR) is 363 cm³/mol. The molecule has 2 aliphatic rings. The minimum atomic E-state index is -4.72. The van der Waals surface area contributed by atoms with E-state index in [-0.39, 0.29) is 127 Å². The highest BCUT2D eigenvalue weighted by Crippen LogP contribution is 2.35. The Hall–Kier alpha value is -7.92. The molecule has 0 saturated carbocycles. The molecule has 12 nitrogen and oxygen atoms in total. The normalized spacial score (nSPS) is 16.9. The van der Waals surface area contributed by atoms with Gasteiger partial charge < -0.3 is 28.7 Å². The number of benzene rings is 6. The Kier molecular flexibility index (Phi) is 17.0. The number of alkyl halides is 6. The second-order valence-corrected chi connectivity index (χ2v) is 23.8. The number of hydrogen-bond donors (Lipinski definition) is 0. The Morgan fingerprint density at radius 2 is 0.969 bits per heavy atom. The van der Waals surface area contributed by atoms with Crippen molar-refractivity contribution in [3.8, 4) is 22.3 Å². The maximum atomic E-state index is 15.1. The van der Waals surface area contributed by atoms with Crippen LogP contribution in [-0.2, 0) is 85.2 Å². The SMILES string of the molecule is [2H]c1c([2H])c(-c2ccc(C(F)(F)F)cc2)c([2H])c(C)c1CN(CCN(C([2H])([2H])C)C([2H])([2H])C)C(=O)C([2H])([2H])n1c(SCc2ccc(F)cc2)nc(=O)c2c1CCC2.[2H]c1c([2H])c(C([2H])([2H])N(C(=O)C([2H])([2H])n2c(SCc3ccc(F)cc3)nc(=O)c3c2CCC3)C([2H])([2H])C([2H])([2H])N(CC)CC)c(C)c([2H])c1-c1ccc(C(F)(F)F)cc1. The number of fused-ring (bicyclic) bond motifs is 2. The van der Waals surface area contributed by atoms with Gasteiger partial charge in [-0.05, 0) is 183 Å². The van der Waals surface area contributed by atoms with Crippen LogP contribution in [0.15, 0.2) is 153 Å². The van der Waals surface area contributed by atoms with Crippen LogP contribution in [0.3, 0.4) is 0 Å². The van der Waals surface area contributed by atoms with Crippen LogP contribution in [0.4, 0.5) is 35.1 Å². The van der Waals surface area contributed by atoms with Crippen molar-refractivity contribution in [2.24, 2.45) is 0 Å². The number of nitrogens with zero attached hydrogens (tertiary/aromatic N) is 8. The van der Waals surface area contributed by atoms with Gasteiger partial charge in [0.2, 0.25) is 11.8 Å². The zero-order valence-electron chi connectivity index (χ0n) is 73.0. The second kappa shape index (κ2) is 32.9. The van der Waals surface area contributed by atoms with Crippen molar-refractivity contribution in [1.29, 1.82) is 0 Å². The van der Waals surface area contributed by atoms with E-state index in [1.807, 2.05) is 0 Å². The summed E-state index contributed by atoms with van der Waals surface area (Å²) in [6, 6.07) is 13.9. The van der Waals surface area contributed by atoms with E-state index in [2.05, 4.69) is 9.97 Å². The van der Waals surface area contributed by atoms with Crippen molar-refractivity contribution in [1.82, 2.24) is 38.7 Å². The Labute approximate surface area is 591 Å². The van der Waals surface area contributed by atoms with Crippen molar-refractivity contribution in [2.75, 3.05) is 52.2 Å². The largest absolute Gasteiger partial charge is 0.416 e. The van der Waals surface area contributed by atoms with E-state index in [1.165, 1.54) is 69.3 Å². The molecule has 0 bridgehead atoms. The van der Waals surface area contributed by atoms with E-state index in [1.54, 1.807) is 0 Å². The molecule has 0 spiro atoms. The number of aromatic nitrogens is 4. The fourth-order valence-corrected chi connectivity index (χ4v) is 12.1. The minimum absolute atomic E-state index is 0.0120. The molecular weight excluding hydrogens is 1280 g/mol. The maximum absolute atomic E-state index is 15.1. The average molecular weight is 1380 g/mol. The van der Waals surface area contributed by atoms with Gasteiger partial charge in [-0.25, -0.2) is 8.78 Å². The minimum Gasteiger partial charge on any atom is -0.336 e. The Morgan fingerprint density at radius 1 is 0.542 bits per heavy atom. The number of carbonyl (C=O) groups excluding carboxylic acids is 2. The molecule has 96 heavy (non-hydrogen) atoms. The molecule has 0 saturated heterocycles. The summed E-state index contributed by atoms with van der Waals surface area (Å²) in [7, 11) is 0. The van der Waals surface area contributed by atoms with Gasteiger partial charge in [0.15, 0.2) is 10.3 Å². The summed E-state index contributed by atoms with van der Waals surface area (Å²) < 4.78 is 288. The summed E-state index contributed by atoms with van der Waals surface area (Å²) in [6.07, 6.45) is -7.82. The van der Waals surface area contributed by atoms with E-state index in [0.717, 1.165) is 105 Å². The Bertz CT molecular complexity index is 5080. The lowest BCUT2D eigenvalue weighted by molar-refractivity contribution is -0.138. The van der Waals surface area contributed by atoms with Gasteiger partial charge in [-0.3, -0.25) is 19.2 Å². The summed E-state index contributed by atoms with van der Waals surface area (Å²) in [5, 5.41) is -0.508. The van der Waals surface area contributed by atoms with Crippen LogP contribution in [-0.4, -0.2) is 103 Å². The second-order valence-electron chi connectivity index (χ2n) is 21.9. The summed E-state index contributed by atoms with van der Waals surface area (Å²) >= 11 is 1.74. The lowest BCUT2D eigenvalue weighted by atomic mass is 9.98. The van der Waals surface area contributed by atoms with Crippen LogP contribution in [0.1, 0.15) is 135 Å². The lowest BCUT2D eigenvalue weighted by Crippen LogP contribution is -2.40. The van der Waals surface area contributed by atoms with Gasteiger partial charge in [0, 0.05) is 81.4 Å². The highest BCUT2D eigenvalue weighted by atomic mass is 32.2. The molecular formula is C74H80F8N8O4S2. The molecule has 2 heterocycles. The molecule has 2 amide bonds. The third-order valence-electron chi connectivity index (χ3n) is 15.6. The number of rotatable bonds is 26. The standard InChI is InChI=1S/2C37H40F4N4O2S/c2*1-4-43(5-2)19-20-44(22-29-12-11-28(21-25(29)3)27-13-15-30(16-14-27)37(39,40)41)34(46)23-45-33-8-6-7-32(33)35(47)42-36(45)48-24-26-9-17-31(38)18-10-26/h2*9-18,21H,4-8,19-20,22-24H2,1-3H3/i11D,12D,19D2,20D2,21D,22D2,23D2;4D2,5D2,11D,12D,21D,23D2. The first-order valence-corrected chi connectivity index (χ1v) is 32.3. The zero-order chi connectivity index (χ0) is 86.6. The lowest BCUT2D eigenvalue weighted by Gasteiger charge is -2.28. The molecule has 0 aliphatic heterocycles. The number of halogens is 8. The topological polar surface area (TPSA) is 117 Å². The summed E-state index contributed by atoms with van der Waals surface area (Å²) in [5.41, 5.74) is -3.60. The Balaban J connectivity index is 0.000000265. The summed E-state index contributed by atoms with van der Waals surface area (Å²) in [5.74, 6) is -4.14. The van der Waals surface area contributed by atoms with E-state index in [4.69, 9.17) is 16.4 Å². The van der Waals surface area contributed by atoms with Gasteiger partial charge in [0.05, 0.1) is 30.3 Å². The fraction of sp³-hybridized carbons (Fsp3) is 0.378. The van der Waals surface area contributed by atoms with Crippen LogP contribution in [0.2, 0.25) is 0 Å². The van der Waals surface area contributed by atoms with Gasteiger partial charge in [0.25, 0.3) is 11.1 Å². The Morgan fingerprint density at radius 3 is 1.40 bits per heavy atom. The summed E-state index contributed by atoms with van der Waals surface area (Å²) in [6.45, 7) is -16.1. The first-order chi connectivity index (χ1) is 53.6. The van der Waals surface area contributed by atoms with Gasteiger partial charge in [-0.2, -0.15) is 36.3 Å². The molecule has 0 radical (unpaired) electrons. The molecule has 22 heteroatoms. The van der Waals surface area contributed by atoms with Gasteiger partial charge in [0.1, 0.15) is 24.6 Å². The van der Waals surface area contributed by atoms with E-state index in [9.17, 15) is 60.5 Å². The fourth-order valence-electron chi connectivity index (χ4n) is 10.2. The molecule has 2 aromatic heterocycles. The number of amides is 2. The van der Waals surface area contributed by atoms with Crippen molar-refractivity contribution in [2.45, 2.75) is 140 Å². The van der Waals surface area contributed by atoms with Gasteiger partial charge in [-0.15, -0.1) is 0 Å². The smallest absolute Gasteiger partial charge is 0.336 e. The summed E-state index contributed by atoms with van der Waals surface area (Å²) in [4.78, 5) is 66.7. The first-order valence-electron chi connectivity index (χ1n) is 40.4. The molecule has 8 aromatic rings. The van der Waals surface area contributed by atoms with Crippen molar-refractivity contribution < 1.29 is 72.1 Å². The average Bonchev–Trinajstić information content (AvgIpc) is 0.702. The van der Waals surface area contributed by atoms with Crippen LogP contribution >= 0.6 is 23.5 Å². The van der Waals surface area contributed by atoms with Crippen molar-refractivity contribution >= 4 is 35.3 Å². The predicted octanol–water partition coefficient (Wildman–Crippen LogP) is 15.1. The van der Waals surface area contributed by atoms with Crippen LogP contribution in [0.25, 0.3) is 22.3 Å². The van der Waals surface area contributed by atoms with Gasteiger partial charge in [-0.1, -0.05) is 136 Å². The zero-order valence-corrected chi connectivity index (χ0v) is 54.6. The molecule has 2 aliphatic carbocycles. The molecule has 0 atom stereocenters. The van der Waals surface area contributed by atoms with E-state index >= 15 is 4.79 Å². The quantitative estimate of drug-likeness (QED) is 0.0295. The molecule has 508 valence electrons. The van der Waals surface area contributed by atoms with E-state index in [0.29, 0.717) is 36.1 Å². The van der Waals surface area contributed by atoms with E-state index < -0.39 is 164 Å². The van der Waals surface area contributed by atoms with Crippen LogP contribution in [0.5, 0.6) is 0 Å².